The molecule has 1 aliphatic rings. The maximum atomic E-state index is 5.47. The molecule has 0 spiro atoms. The molecular weight excluding hydrogens is 300 g/mol. The van der Waals surface area contributed by atoms with Crippen molar-refractivity contribution in [1.82, 2.24) is 9.97 Å². The molecule has 0 aliphatic heterocycles. The summed E-state index contributed by atoms with van der Waals surface area (Å²) in [6.45, 7) is 4.65. The van der Waals surface area contributed by atoms with Gasteiger partial charge in [0.15, 0.2) is 0 Å². The first-order valence-electron chi connectivity index (χ1n) is 8.85. The van der Waals surface area contributed by atoms with Gasteiger partial charge in [0.25, 0.3) is 0 Å². The summed E-state index contributed by atoms with van der Waals surface area (Å²) in [7, 11) is 0. The Bertz CT molecular complexity index is 651. The Kier molecular flexibility index (Phi) is 5.51. The summed E-state index contributed by atoms with van der Waals surface area (Å²) in [5.74, 6) is 2.40. The molecule has 1 heterocycles. The highest BCUT2D eigenvalue weighted by Crippen LogP contribution is 2.23. The van der Waals surface area contributed by atoms with Gasteiger partial charge in [0.2, 0.25) is 5.95 Å². The number of benzene rings is 1. The first-order chi connectivity index (χ1) is 11.7. The van der Waals surface area contributed by atoms with Crippen LogP contribution in [0.5, 0.6) is 5.75 Å². The Hall–Kier alpha value is -2.30. The molecule has 1 aliphatic carbocycles. The normalized spacial score (nSPS) is 15.1. The number of aromatic nitrogens is 2. The number of anilines is 3. The van der Waals surface area contributed by atoms with Crippen LogP contribution in [0.1, 0.15) is 44.7 Å². The Balaban J connectivity index is 1.68. The van der Waals surface area contributed by atoms with Crippen molar-refractivity contribution in [2.75, 3.05) is 17.2 Å². The lowest BCUT2D eigenvalue weighted by Gasteiger charge is -2.23. The van der Waals surface area contributed by atoms with Gasteiger partial charge in [-0.15, -0.1) is 0 Å². The summed E-state index contributed by atoms with van der Waals surface area (Å²) >= 11 is 0. The SMILES string of the molecule is CCOc1ccc(Nc2cc(C)nc(NC3CCCCC3)n2)cc1. The Morgan fingerprint density at radius 1 is 1.08 bits per heavy atom. The first kappa shape index (κ1) is 16.6. The molecule has 3 rings (SSSR count). The van der Waals surface area contributed by atoms with Crippen molar-refractivity contribution in [2.24, 2.45) is 0 Å². The Morgan fingerprint density at radius 2 is 1.83 bits per heavy atom. The number of hydrogen-bond donors (Lipinski definition) is 2. The minimum Gasteiger partial charge on any atom is -0.494 e. The molecule has 1 aromatic carbocycles. The third-order valence-corrected chi connectivity index (χ3v) is 4.23. The summed E-state index contributed by atoms with van der Waals surface area (Å²) < 4.78 is 5.47. The molecule has 24 heavy (non-hydrogen) atoms. The standard InChI is InChI=1S/C19H26N4O/c1-3-24-17-11-9-16(10-12-17)21-18-13-14(2)20-19(23-18)22-15-7-5-4-6-8-15/h9-13,15H,3-8H2,1-2H3,(H2,20,21,22,23). The molecule has 1 fully saturated rings. The van der Waals surface area contributed by atoms with Crippen LogP contribution < -0.4 is 15.4 Å². The fraction of sp³-hybridized carbons (Fsp3) is 0.474. The van der Waals surface area contributed by atoms with E-state index < -0.39 is 0 Å². The van der Waals surface area contributed by atoms with Crippen LogP contribution in [0, 0.1) is 6.92 Å². The lowest BCUT2D eigenvalue weighted by molar-refractivity contribution is 0.340. The van der Waals surface area contributed by atoms with Crippen LogP contribution in [-0.2, 0) is 0 Å². The van der Waals surface area contributed by atoms with Gasteiger partial charge in [0, 0.05) is 23.5 Å². The molecular formula is C19H26N4O. The number of nitrogens with one attached hydrogen (secondary N) is 2. The topological polar surface area (TPSA) is 59.1 Å². The number of aryl methyl sites for hydroxylation is 1. The molecule has 5 heteroatoms. The van der Waals surface area contributed by atoms with E-state index >= 15 is 0 Å². The molecule has 0 atom stereocenters. The summed E-state index contributed by atoms with van der Waals surface area (Å²) in [4.78, 5) is 9.14. The summed E-state index contributed by atoms with van der Waals surface area (Å²) in [5, 5.41) is 6.84. The van der Waals surface area contributed by atoms with Crippen LogP contribution in [0.4, 0.5) is 17.5 Å². The van der Waals surface area contributed by atoms with Gasteiger partial charge in [0.05, 0.1) is 6.61 Å². The van der Waals surface area contributed by atoms with E-state index in [1.807, 2.05) is 44.2 Å². The number of rotatable bonds is 6. The fourth-order valence-corrected chi connectivity index (χ4v) is 3.08. The molecule has 2 N–H and O–H groups in total. The second kappa shape index (κ2) is 7.99. The average Bonchev–Trinajstić information content (AvgIpc) is 2.57. The van der Waals surface area contributed by atoms with Crippen LogP contribution in [-0.4, -0.2) is 22.6 Å². The lowest BCUT2D eigenvalue weighted by atomic mass is 9.96. The number of ether oxygens (including phenoxy) is 1. The minimum absolute atomic E-state index is 0.499. The van der Waals surface area contributed by atoms with Crippen molar-refractivity contribution in [3.63, 3.8) is 0 Å². The minimum atomic E-state index is 0.499. The van der Waals surface area contributed by atoms with Crippen LogP contribution in [0.15, 0.2) is 30.3 Å². The van der Waals surface area contributed by atoms with Crippen molar-refractivity contribution < 1.29 is 4.74 Å². The molecule has 1 aromatic heterocycles. The highest BCUT2D eigenvalue weighted by Gasteiger charge is 2.14. The van der Waals surface area contributed by atoms with Crippen LogP contribution >= 0.6 is 0 Å². The third kappa shape index (κ3) is 4.60. The molecule has 0 unspecified atom stereocenters. The molecule has 0 amide bonds. The molecule has 2 aromatic rings. The predicted molar refractivity (Wildman–Crippen MR) is 98.2 cm³/mol. The zero-order chi connectivity index (χ0) is 16.8. The number of hydrogen-bond acceptors (Lipinski definition) is 5. The Labute approximate surface area is 143 Å². The van der Waals surface area contributed by atoms with Crippen molar-refractivity contribution in [3.05, 3.63) is 36.0 Å². The monoisotopic (exact) mass is 326 g/mol. The molecule has 1 saturated carbocycles. The smallest absolute Gasteiger partial charge is 0.225 e. The molecule has 5 nitrogen and oxygen atoms in total. The van der Waals surface area contributed by atoms with E-state index in [2.05, 4.69) is 20.6 Å². The van der Waals surface area contributed by atoms with Gasteiger partial charge in [-0.25, -0.2) is 4.98 Å². The largest absolute Gasteiger partial charge is 0.494 e. The second-order valence-electron chi connectivity index (χ2n) is 6.28. The molecule has 128 valence electrons. The van der Waals surface area contributed by atoms with Gasteiger partial charge < -0.3 is 15.4 Å². The van der Waals surface area contributed by atoms with E-state index in [0.717, 1.165) is 28.9 Å². The summed E-state index contributed by atoms with van der Waals surface area (Å²) in [6, 6.07) is 10.4. The van der Waals surface area contributed by atoms with Crippen molar-refractivity contribution >= 4 is 17.5 Å². The third-order valence-electron chi connectivity index (χ3n) is 4.23. The van der Waals surface area contributed by atoms with Crippen LogP contribution in [0.3, 0.4) is 0 Å². The maximum Gasteiger partial charge on any atom is 0.225 e. The van der Waals surface area contributed by atoms with E-state index in [0.29, 0.717) is 12.6 Å². The molecule has 0 bridgehead atoms. The van der Waals surface area contributed by atoms with Gasteiger partial charge in [-0.1, -0.05) is 19.3 Å². The first-order valence-corrected chi connectivity index (χ1v) is 8.85. The quantitative estimate of drug-likeness (QED) is 0.807. The van der Waals surface area contributed by atoms with E-state index in [9.17, 15) is 0 Å². The average molecular weight is 326 g/mol. The van der Waals surface area contributed by atoms with Crippen LogP contribution in [0.2, 0.25) is 0 Å². The second-order valence-corrected chi connectivity index (χ2v) is 6.28. The van der Waals surface area contributed by atoms with E-state index in [4.69, 9.17) is 4.74 Å². The lowest BCUT2D eigenvalue weighted by Crippen LogP contribution is -2.23. The summed E-state index contributed by atoms with van der Waals surface area (Å²) in [5.41, 5.74) is 1.94. The van der Waals surface area contributed by atoms with Crippen molar-refractivity contribution in [1.29, 1.82) is 0 Å². The van der Waals surface area contributed by atoms with Gasteiger partial charge in [-0.05, 0) is 51.0 Å². The number of nitrogens with zero attached hydrogens (tertiary/aromatic N) is 2. The Morgan fingerprint density at radius 3 is 2.54 bits per heavy atom. The van der Waals surface area contributed by atoms with Crippen molar-refractivity contribution in [2.45, 2.75) is 52.0 Å². The zero-order valence-electron chi connectivity index (χ0n) is 14.5. The van der Waals surface area contributed by atoms with Crippen LogP contribution in [0.25, 0.3) is 0 Å². The highest BCUT2D eigenvalue weighted by molar-refractivity contribution is 5.58. The summed E-state index contributed by atoms with van der Waals surface area (Å²) in [6.07, 6.45) is 6.34. The van der Waals surface area contributed by atoms with Gasteiger partial charge in [-0.3, -0.25) is 0 Å². The van der Waals surface area contributed by atoms with E-state index in [1.54, 1.807) is 0 Å². The van der Waals surface area contributed by atoms with Crippen molar-refractivity contribution in [3.8, 4) is 5.75 Å². The zero-order valence-corrected chi connectivity index (χ0v) is 14.5. The highest BCUT2D eigenvalue weighted by atomic mass is 16.5. The maximum absolute atomic E-state index is 5.47. The van der Waals surface area contributed by atoms with Gasteiger partial charge in [-0.2, -0.15) is 4.98 Å². The predicted octanol–water partition coefficient (Wildman–Crippen LogP) is 4.67. The fourth-order valence-electron chi connectivity index (χ4n) is 3.08. The van der Waals surface area contributed by atoms with E-state index in [-0.39, 0.29) is 0 Å². The van der Waals surface area contributed by atoms with Gasteiger partial charge in [0.1, 0.15) is 11.6 Å². The van der Waals surface area contributed by atoms with Gasteiger partial charge >= 0.3 is 0 Å². The molecule has 0 radical (unpaired) electrons. The van der Waals surface area contributed by atoms with E-state index in [1.165, 1.54) is 32.1 Å². The molecule has 0 saturated heterocycles.